The van der Waals surface area contributed by atoms with E-state index in [2.05, 4.69) is 11.7 Å². The summed E-state index contributed by atoms with van der Waals surface area (Å²) < 4.78 is 16.4. The Hall–Kier alpha value is -0.110. The van der Waals surface area contributed by atoms with Crippen LogP contribution in [0.2, 0.25) is 0 Å². The Balaban J connectivity index is 1.89. The SMILES string of the molecule is CCCCC1OC1F. The van der Waals surface area contributed by atoms with Gasteiger partial charge >= 0.3 is 0 Å². The first kappa shape index (κ1) is 6.02. The van der Waals surface area contributed by atoms with Crippen LogP contribution < -0.4 is 0 Å². The minimum absolute atomic E-state index is 0.0463. The Morgan fingerprint density at radius 3 is 2.62 bits per heavy atom. The summed E-state index contributed by atoms with van der Waals surface area (Å²) in [7, 11) is 0. The molecule has 0 saturated carbocycles. The molecule has 0 amide bonds. The molecule has 48 valence electrons. The number of alkyl halides is 1. The zero-order valence-electron chi connectivity index (χ0n) is 5.06. The standard InChI is InChI=1S/C6H11FO/c1-2-3-4-5-6(7)8-5/h5-6H,2-4H2,1H3. The second-order valence-electron chi connectivity index (χ2n) is 2.17. The molecule has 0 spiro atoms. The van der Waals surface area contributed by atoms with Crippen molar-refractivity contribution >= 4 is 0 Å². The molecule has 0 aromatic carbocycles. The number of halogens is 1. The van der Waals surface area contributed by atoms with E-state index in [1.807, 2.05) is 0 Å². The van der Waals surface area contributed by atoms with Crippen LogP contribution in [0.1, 0.15) is 26.2 Å². The van der Waals surface area contributed by atoms with Crippen molar-refractivity contribution in [3.05, 3.63) is 0 Å². The highest BCUT2D eigenvalue weighted by Crippen LogP contribution is 2.27. The molecule has 1 saturated heterocycles. The highest BCUT2D eigenvalue weighted by atomic mass is 19.2. The van der Waals surface area contributed by atoms with E-state index in [9.17, 15) is 4.39 Å². The second kappa shape index (κ2) is 2.44. The number of hydrogen-bond donors (Lipinski definition) is 0. The van der Waals surface area contributed by atoms with Gasteiger partial charge in [-0.3, -0.25) is 0 Å². The third-order valence-corrected chi connectivity index (χ3v) is 1.36. The van der Waals surface area contributed by atoms with E-state index in [1.165, 1.54) is 0 Å². The molecule has 1 rings (SSSR count). The normalized spacial score (nSPS) is 35.2. The van der Waals surface area contributed by atoms with Crippen LogP contribution in [-0.2, 0) is 4.74 Å². The fraction of sp³-hybridized carbons (Fsp3) is 1.00. The van der Waals surface area contributed by atoms with Crippen LogP contribution in [-0.4, -0.2) is 12.5 Å². The Morgan fingerprint density at radius 2 is 2.25 bits per heavy atom. The molecule has 1 heterocycles. The quantitative estimate of drug-likeness (QED) is 0.515. The molecule has 0 radical (unpaired) electrons. The molecule has 1 fully saturated rings. The smallest absolute Gasteiger partial charge is 0.225 e. The monoisotopic (exact) mass is 118 g/mol. The molecule has 1 nitrogen and oxygen atoms in total. The maximum Gasteiger partial charge on any atom is 0.225 e. The van der Waals surface area contributed by atoms with Gasteiger partial charge in [-0.05, 0) is 6.42 Å². The molecule has 0 aliphatic carbocycles. The van der Waals surface area contributed by atoms with Crippen LogP contribution in [0.4, 0.5) is 4.39 Å². The van der Waals surface area contributed by atoms with Gasteiger partial charge in [0.2, 0.25) is 6.36 Å². The third kappa shape index (κ3) is 1.44. The van der Waals surface area contributed by atoms with Crippen LogP contribution in [0.5, 0.6) is 0 Å². The van der Waals surface area contributed by atoms with Crippen LogP contribution in [0.15, 0.2) is 0 Å². The summed E-state index contributed by atoms with van der Waals surface area (Å²) in [6.07, 6.45) is 2.14. The van der Waals surface area contributed by atoms with E-state index < -0.39 is 6.36 Å². The number of unbranched alkanes of at least 4 members (excludes halogenated alkanes) is 1. The third-order valence-electron chi connectivity index (χ3n) is 1.36. The van der Waals surface area contributed by atoms with Crippen molar-refractivity contribution in [3.8, 4) is 0 Å². The average molecular weight is 118 g/mol. The van der Waals surface area contributed by atoms with E-state index in [1.54, 1.807) is 0 Å². The first-order valence-corrected chi connectivity index (χ1v) is 3.14. The van der Waals surface area contributed by atoms with Crippen molar-refractivity contribution < 1.29 is 9.13 Å². The summed E-state index contributed by atoms with van der Waals surface area (Å²) >= 11 is 0. The lowest BCUT2D eigenvalue weighted by Gasteiger charge is -1.86. The average Bonchev–Trinajstić information content (AvgIpc) is 2.42. The second-order valence-corrected chi connectivity index (χ2v) is 2.17. The van der Waals surface area contributed by atoms with Gasteiger partial charge in [0.25, 0.3) is 0 Å². The van der Waals surface area contributed by atoms with E-state index >= 15 is 0 Å². The number of rotatable bonds is 3. The van der Waals surface area contributed by atoms with Crippen LogP contribution in [0.3, 0.4) is 0 Å². The highest BCUT2D eigenvalue weighted by molar-refractivity contribution is 4.74. The maximum atomic E-state index is 11.9. The van der Waals surface area contributed by atoms with E-state index in [4.69, 9.17) is 0 Å². The van der Waals surface area contributed by atoms with Crippen molar-refractivity contribution in [1.82, 2.24) is 0 Å². The molecule has 2 unspecified atom stereocenters. The molecule has 0 aromatic rings. The van der Waals surface area contributed by atoms with Gasteiger partial charge in [0.1, 0.15) is 6.10 Å². The van der Waals surface area contributed by atoms with Gasteiger partial charge in [-0.1, -0.05) is 19.8 Å². The zero-order chi connectivity index (χ0) is 5.98. The molecule has 2 heteroatoms. The van der Waals surface area contributed by atoms with Gasteiger partial charge in [-0.15, -0.1) is 0 Å². The van der Waals surface area contributed by atoms with Gasteiger partial charge in [0.15, 0.2) is 0 Å². The molecule has 0 bridgehead atoms. The zero-order valence-corrected chi connectivity index (χ0v) is 5.06. The van der Waals surface area contributed by atoms with Crippen LogP contribution in [0.25, 0.3) is 0 Å². The summed E-state index contributed by atoms with van der Waals surface area (Å²) in [6.45, 7) is 2.09. The van der Waals surface area contributed by atoms with Crippen molar-refractivity contribution in [2.75, 3.05) is 0 Å². The number of hydrogen-bond acceptors (Lipinski definition) is 1. The minimum atomic E-state index is -0.929. The first-order chi connectivity index (χ1) is 3.84. The molecule has 1 aliphatic heterocycles. The highest BCUT2D eigenvalue weighted by Gasteiger charge is 2.37. The first-order valence-electron chi connectivity index (χ1n) is 3.14. The molecule has 0 aromatic heterocycles. The van der Waals surface area contributed by atoms with Crippen molar-refractivity contribution in [1.29, 1.82) is 0 Å². The summed E-state index contributed by atoms with van der Waals surface area (Å²) in [5.41, 5.74) is 0. The molecular weight excluding hydrogens is 107 g/mol. The Morgan fingerprint density at radius 1 is 1.62 bits per heavy atom. The lowest BCUT2D eigenvalue weighted by molar-refractivity contribution is 0.263. The Labute approximate surface area is 48.8 Å². The van der Waals surface area contributed by atoms with Crippen molar-refractivity contribution in [3.63, 3.8) is 0 Å². The van der Waals surface area contributed by atoms with Gasteiger partial charge < -0.3 is 4.74 Å². The van der Waals surface area contributed by atoms with Gasteiger partial charge in [-0.2, -0.15) is 0 Å². The summed E-state index contributed by atoms with van der Waals surface area (Å²) in [4.78, 5) is 0. The topological polar surface area (TPSA) is 12.5 Å². The lowest BCUT2D eigenvalue weighted by Crippen LogP contribution is -1.86. The van der Waals surface area contributed by atoms with Gasteiger partial charge in [0.05, 0.1) is 0 Å². The lowest BCUT2D eigenvalue weighted by atomic mass is 10.2. The van der Waals surface area contributed by atoms with E-state index in [0.29, 0.717) is 0 Å². The summed E-state index contributed by atoms with van der Waals surface area (Å²) in [6, 6.07) is 0. The number of ether oxygens (including phenoxy) is 1. The van der Waals surface area contributed by atoms with E-state index in [-0.39, 0.29) is 6.10 Å². The molecule has 2 atom stereocenters. The van der Waals surface area contributed by atoms with Crippen LogP contribution >= 0.6 is 0 Å². The Bertz CT molecular complexity index is 74.9. The Kier molecular flexibility index (Phi) is 1.84. The van der Waals surface area contributed by atoms with Gasteiger partial charge in [-0.25, -0.2) is 4.39 Å². The fourth-order valence-electron chi connectivity index (χ4n) is 0.726. The largest absolute Gasteiger partial charge is 0.337 e. The molecular formula is C6H11FO. The van der Waals surface area contributed by atoms with E-state index in [0.717, 1.165) is 19.3 Å². The molecule has 8 heavy (non-hydrogen) atoms. The predicted molar refractivity (Wildman–Crippen MR) is 29.3 cm³/mol. The number of epoxide rings is 1. The fourth-order valence-corrected chi connectivity index (χ4v) is 0.726. The van der Waals surface area contributed by atoms with Crippen LogP contribution in [0, 0.1) is 0 Å². The van der Waals surface area contributed by atoms with Crippen molar-refractivity contribution in [2.45, 2.75) is 38.6 Å². The minimum Gasteiger partial charge on any atom is -0.337 e. The summed E-state index contributed by atoms with van der Waals surface area (Å²) in [5.74, 6) is 0. The molecule has 1 aliphatic rings. The van der Waals surface area contributed by atoms with Crippen molar-refractivity contribution in [2.24, 2.45) is 0 Å². The molecule has 0 N–H and O–H groups in total. The van der Waals surface area contributed by atoms with Gasteiger partial charge in [0, 0.05) is 0 Å². The predicted octanol–water partition coefficient (Wildman–Crippen LogP) is 1.87. The maximum absolute atomic E-state index is 11.9. The summed E-state index contributed by atoms with van der Waals surface area (Å²) in [5, 5.41) is 0.